The fraction of sp³-hybridized carbons (Fsp3) is 0.333. The second kappa shape index (κ2) is 5.82. The summed E-state index contributed by atoms with van der Waals surface area (Å²) in [7, 11) is 0. The van der Waals surface area contributed by atoms with Gasteiger partial charge in [0.2, 0.25) is 0 Å². The first-order valence-corrected chi connectivity index (χ1v) is 4.31. The largest absolute Gasteiger partial charge is 1.00 e. The van der Waals surface area contributed by atoms with Crippen LogP contribution in [0.15, 0.2) is 18.2 Å². The fourth-order valence-corrected chi connectivity index (χ4v) is 1.16. The van der Waals surface area contributed by atoms with Crippen LogP contribution in [0, 0.1) is 5.82 Å². The monoisotopic (exact) mass is 244 g/mol. The summed E-state index contributed by atoms with van der Waals surface area (Å²) in [6.45, 7) is -1.66. The van der Waals surface area contributed by atoms with Gasteiger partial charge in [-0.25, -0.2) is 4.39 Å². The Morgan fingerprint density at radius 3 is 2.00 bits per heavy atom. The first-order chi connectivity index (χ1) is 6.30. The summed E-state index contributed by atoms with van der Waals surface area (Å²) >= 11 is 0. The molecule has 0 radical (unpaired) electrons. The third-order valence-corrected chi connectivity index (χ3v) is 1.99. The number of halogens is 4. The van der Waals surface area contributed by atoms with E-state index in [-0.39, 0.29) is 57.3 Å². The van der Waals surface area contributed by atoms with Gasteiger partial charge in [0, 0.05) is 0 Å². The van der Waals surface area contributed by atoms with E-state index in [9.17, 15) is 17.3 Å². The van der Waals surface area contributed by atoms with Crippen LogP contribution in [0.4, 0.5) is 17.3 Å². The van der Waals surface area contributed by atoms with Gasteiger partial charge < -0.3 is 12.9 Å². The van der Waals surface area contributed by atoms with E-state index in [0.29, 0.717) is 11.6 Å². The van der Waals surface area contributed by atoms with Crippen molar-refractivity contribution in [1.82, 2.24) is 0 Å². The van der Waals surface area contributed by atoms with Gasteiger partial charge in [-0.1, -0.05) is 26.0 Å². The van der Waals surface area contributed by atoms with E-state index in [1.54, 1.807) is 13.8 Å². The maximum absolute atomic E-state index is 12.8. The van der Waals surface area contributed by atoms with Crippen LogP contribution in [0.1, 0.15) is 25.3 Å². The van der Waals surface area contributed by atoms with E-state index in [1.165, 1.54) is 0 Å². The summed E-state index contributed by atoms with van der Waals surface area (Å²) in [5.74, 6) is -0.937. The van der Waals surface area contributed by atoms with Crippen LogP contribution in [-0.4, -0.2) is 6.98 Å². The topological polar surface area (TPSA) is 0 Å². The predicted molar refractivity (Wildman–Crippen MR) is 49.2 cm³/mol. The van der Waals surface area contributed by atoms with Crippen molar-refractivity contribution in [3.8, 4) is 0 Å². The molecule has 0 aromatic heterocycles. The van der Waals surface area contributed by atoms with Crippen LogP contribution in [0.2, 0.25) is 0 Å². The van der Waals surface area contributed by atoms with Crippen LogP contribution >= 0.6 is 0 Å². The molecule has 0 aliphatic carbocycles. The van der Waals surface area contributed by atoms with E-state index in [2.05, 4.69) is 0 Å². The Hall–Kier alpha value is 0.641. The molecule has 0 heterocycles. The van der Waals surface area contributed by atoms with Crippen molar-refractivity contribution in [1.29, 1.82) is 0 Å². The molecule has 0 amide bonds. The molecular weight excluding hydrogens is 234 g/mol. The Labute approximate surface area is 129 Å². The van der Waals surface area contributed by atoms with E-state index < -0.39 is 18.3 Å². The molecule has 1 aromatic rings. The van der Waals surface area contributed by atoms with Gasteiger partial charge >= 0.3 is 58.4 Å². The van der Waals surface area contributed by atoms with Crippen LogP contribution in [0.3, 0.4) is 0 Å². The third kappa shape index (κ3) is 4.56. The molecule has 0 bridgehead atoms. The van der Waals surface area contributed by atoms with Gasteiger partial charge in [0.05, 0.1) is 0 Å². The van der Waals surface area contributed by atoms with Gasteiger partial charge in [-0.2, -0.15) is 0 Å². The summed E-state index contributed by atoms with van der Waals surface area (Å²) in [5.41, 5.74) is -0.493. The van der Waals surface area contributed by atoms with Crippen molar-refractivity contribution < 1.29 is 68.7 Å². The SMILES string of the molecule is CC(C)c1cc(F)cc([B-](F)(F)F)c1.[K+]. The van der Waals surface area contributed by atoms with E-state index in [1.807, 2.05) is 0 Å². The minimum Gasteiger partial charge on any atom is -0.445 e. The Kier molecular flexibility index (Phi) is 6.07. The van der Waals surface area contributed by atoms with Crippen LogP contribution in [0.25, 0.3) is 0 Å². The first-order valence-electron chi connectivity index (χ1n) is 4.31. The fourth-order valence-electron chi connectivity index (χ4n) is 1.16. The molecular formula is C9H10BF4K. The molecule has 0 saturated heterocycles. The maximum Gasteiger partial charge on any atom is 1.00 e. The Balaban J connectivity index is 0.00000196. The predicted octanol–water partition coefficient (Wildman–Crippen LogP) is 0.00750. The summed E-state index contributed by atoms with van der Waals surface area (Å²) in [6, 6.07) is 2.68. The van der Waals surface area contributed by atoms with E-state index in [0.717, 1.165) is 12.1 Å². The van der Waals surface area contributed by atoms with Gasteiger partial charge in [0.1, 0.15) is 5.82 Å². The number of hydrogen-bond acceptors (Lipinski definition) is 0. The summed E-state index contributed by atoms with van der Waals surface area (Å²) in [5, 5.41) is 0. The molecule has 0 saturated carbocycles. The molecule has 0 spiro atoms. The zero-order valence-electron chi connectivity index (χ0n) is 8.90. The van der Waals surface area contributed by atoms with E-state index >= 15 is 0 Å². The Morgan fingerprint density at radius 1 is 1.07 bits per heavy atom. The number of benzene rings is 1. The number of hydrogen-bond donors (Lipinski definition) is 0. The molecule has 0 fully saturated rings. The van der Waals surface area contributed by atoms with Gasteiger partial charge in [-0.15, -0.1) is 5.46 Å². The molecule has 78 valence electrons. The van der Waals surface area contributed by atoms with Crippen molar-refractivity contribution in [2.75, 3.05) is 0 Å². The van der Waals surface area contributed by atoms with Crippen molar-refractivity contribution in [2.45, 2.75) is 19.8 Å². The van der Waals surface area contributed by atoms with Crippen molar-refractivity contribution in [3.63, 3.8) is 0 Å². The van der Waals surface area contributed by atoms with Crippen molar-refractivity contribution in [3.05, 3.63) is 29.6 Å². The van der Waals surface area contributed by atoms with Gasteiger partial charge in [-0.3, -0.25) is 0 Å². The third-order valence-electron chi connectivity index (χ3n) is 1.99. The molecule has 0 aliphatic rings. The zero-order chi connectivity index (χ0) is 10.9. The summed E-state index contributed by atoms with van der Waals surface area (Å²) in [4.78, 5) is 0. The standard InChI is InChI=1S/C9H10BF4.K/c1-6(2)7-3-8(10(12,13)14)5-9(11)4-7;/h3-6H,1-2H3;/q-1;+1. The molecule has 0 atom stereocenters. The van der Waals surface area contributed by atoms with Crippen LogP contribution in [0.5, 0.6) is 0 Å². The molecule has 0 nitrogen and oxygen atoms in total. The van der Waals surface area contributed by atoms with Gasteiger partial charge in [0.15, 0.2) is 0 Å². The summed E-state index contributed by atoms with van der Waals surface area (Å²) in [6.07, 6.45) is 0. The number of rotatable bonds is 2. The average molecular weight is 244 g/mol. The molecule has 15 heavy (non-hydrogen) atoms. The van der Waals surface area contributed by atoms with E-state index in [4.69, 9.17) is 0 Å². The second-order valence-electron chi connectivity index (χ2n) is 3.55. The van der Waals surface area contributed by atoms with Crippen LogP contribution in [-0.2, 0) is 0 Å². The Morgan fingerprint density at radius 2 is 1.60 bits per heavy atom. The van der Waals surface area contributed by atoms with Crippen LogP contribution < -0.4 is 56.8 Å². The molecule has 1 rings (SSSR count). The van der Waals surface area contributed by atoms with Crippen molar-refractivity contribution in [2.24, 2.45) is 0 Å². The minimum absolute atomic E-state index is 0. The maximum atomic E-state index is 12.8. The quantitative estimate of drug-likeness (QED) is 0.507. The normalized spacial score (nSPS) is 11.4. The molecule has 0 unspecified atom stereocenters. The first kappa shape index (κ1) is 15.6. The molecule has 0 aliphatic heterocycles. The molecule has 1 aromatic carbocycles. The van der Waals surface area contributed by atoms with Gasteiger partial charge in [-0.05, 0) is 17.5 Å². The minimum atomic E-state index is -5.11. The molecule has 6 heteroatoms. The second-order valence-corrected chi connectivity index (χ2v) is 3.55. The zero-order valence-corrected chi connectivity index (χ0v) is 12.0. The summed E-state index contributed by atoms with van der Waals surface area (Å²) < 4.78 is 49.7. The average Bonchev–Trinajstić information content (AvgIpc) is 2.01. The molecule has 0 N–H and O–H groups in total. The smallest absolute Gasteiger partial charge is 0.445 e. The Bertz CT molecular complexity index is 335. The van der Waals surface area contributed by atoms with Gasteiger partial charge in [0.25, 0.3) is 0 Å². The van der Waals surface area contributed by atoms with Crippen molar-refractivity contribution >= 4 is 12.4 Å².